The van der Waals surface area contributed by atoms with Crippen molar-refractivity contribution < 1.29 is 10.0 Å². The fraction of sp³-hybridized carbons (Fsp3) is 0.125. The summed E-state index contributed by atoms with van der Waals surface area (Å²) in [6.45, 7) is 1.53. The molecule has 0 spiro atoms. The molecule has 0 fully saturated rings. The van der Waals surface area contributed by atoms with Gasteiger partial charge in [0.2, 0.25) is 0 Å². The average Bonchev–Trinajstić information content (AvgIpc) is 2.16. The van der Waals surface area contributed by atoms with Gasteiger partial charge in [-0.3, -0.25) is 0 Å². The van der Waals surface area contributed by atoms with Crippen molar-refractivity contribution in [3.05, 3.63) is 28.2 Å². The van der Waals surface area contributed by atoms with Gasteiger partial charge in [0.1, 0.15) is 0 Å². The van der Waals surface area contributed by atoms with Crippen molar-refractivity contribution in [2.24, 2.45) is 5.16 Å². The van der Waals surface area contributed by atoms with Gasteiger partial charge >= 0.3 is 0 Å². The third kappa shape index (κ3) is 2.97. The molecule has 0 atom stereocenters. The Hall–Kier alpha value is -1.13. The maximum Gasteiger partial charge on any atom is 0.173 e. The summed E-state index contributed by atoms with van der Waals surface area (Å²) in [4.78, 5) is 5.01. The molecule has 0 amide bonds. The van der Waals surface area contributed by atoms with E-state index in [0.717, 1.165) is 0 Å². The quantitative estimate of drug-likeness (QED) is 0.358. The van der Waals surface area contributed by atoms with Crippen molar-refractivity contribution >= 4 is 29.0 Å². The summed E-state index contributed by atoms with van der Waals surface area (Å²) in [5.41, 5.74) is 2.38. The van der Waals surface area contributed by atoms with Crippen LogP contribution in [0.5, 0.6) is 5.75 Å². The van der Waals surface area contributed by atoms with Crippen molar-refractivity contribution in [1.82, 2.24) is 5.48 Å². The molecule has 2 N–H and O–H groups in total. The molecule has 1 aromatic rings. The van der Waals surface area contributed by atoms with E-state index in [-0.39, 0.29) is 5.84 Å². The molecule has 0 bridgehead atoms. The zero-order valence-corrected chi connectivity index (χ0v) is 8.80. The highest BCUT2D eigenvalue weighted by Crippen LogP contribution is 2.26. The van der Waals surface area contributed by atoms with E-state index in [2.05, 4.69) is 10.6 Å². The van der Waals surface area contributed by atoms with Gasteiger partial charge in [-0.2, -0.15) is 0 Å². The first kappa shape index (κ1) is 10.9. The van der Waals surface area contributed by atoms with Crippen LogP contribution in [0.3, 0.4) is 0 Å². The standard InChI is InChI=1S/C8H8Cl2N2O2/c1-5(11-13)12-14-8-3-2-6(9)4-7(8)10/h2-4,13H,1H3,(H,11,12). The van der Waals surface area contributed by atoms with Crippen LogP contribution in [0.25, 0.3) is 0 Å². The number of halogens is 2. The molecule has 0 saturated heterocycles. The lowest BCUT2D eigenvalue weighted by atomic mass is 10.3. The van der Waals surface area contributed by atoms with E-state index in [1.54, 1.807) is 18.2 Å². The molecule has 0 aliphatic rings. The maximum atomic E-state index is 8.32. The molecule has 0 heterocycles. The molecule has 0 aliphatic carbocycles. The zero-order valence-electron chi connectivity index (χ0n) is 7.29. The van der Waals surface area contributed by atoms with Crippen LogP contribution in [-0.4, -0.2) is 11.0 Å². The molecule has 0 aliphatic heterocycles. The first-order valence-corrected chi connectivity index (χ1v) is 4.45. The minimum atomic E-state index is 0.219. The minimum Gasteiger partial charge on any atom is -0.409 e. The normalized spacial score (nSPS) is 11.2. The van der Waals surface area contributed by atoms with Crippen molar-refractivity contribution in [3.63, 3.8) is 0 Å². The van der Waals surface area contributed by atoms with E-state index in [0.29, 0.717) is 15.8 Å². The zero-order chi connectivity index (χ0) is 10.6. The second-order valence-electron chi connectivity index (χ2n) is 2.46. The molecule has 4 nitrogen and oxygen atoms in total. The number of hydroxylamine groups is 1. The third-order valence-corrected chi connectivity index (χ3v) is 1.88. The number of hydrogen-bond acceptors (Lipinski definition) is 3. The molecule has 14 heavy (non-hydrogen) atoms. The molecule has 6 heteroatoms. The number of rotatable bonds is 2. The van der Waals surface area contributed by atoms with Crippen molar-refractivity contribution in [1.29, 1.82) is 0 Å². The lowest BCUT2D eigenvalue weighted by Crippen LogP contribution is -2.24. The topological polar surface area (TPSA) is 53.9 Å². The molecule has 0 saturated carbocycles. The maximum absolute atomic E-state index is 8.32. The Kier molecular flexibility index (Phi) is 3.85. The average molecular weight is 235 g/mol. The Morgan fingerprint density at radius 3 is 2.79 bits per heavy atom. The second-order valence-corrected chi connectivity index (χ2v) is 3.31. The Morgan fingerprint density at radius 2 is 2.21 bits per heavy atom. The Morgan fingerprint density at radius 1 is 1.50 bits per heavy atom. The molecule has 1 rings (SSSR count). The van der Waals surface area contributed by atoms with Crippen molar-refractivity contribution in [3.8, 4) is 5.75 Å². The van der Waals surface area contributed by atoms with Gasteiger partial charge in [0.05, 0.1) is 5.02 Å². The molecular weight excluding hydrogens is 227 g/mol. The molecule has 1 aromatic carbocycles. The van der Waals surface area contributed by atoms with Crippen LogP contribution in [-0.2, 0) is 0 Å². The monoisotopic (exact) mass is 234 g/mol. The Bertz CT molecular complexity index is 355. The molecule has 0 unspecified atom stereocenters. The van der Waals surface area contributed by atoms with Crippen LogP contribution in [0.4, 0.5) is 0 Å². The third-order valence-electron chi connectivity index (χ3n) is 1.35. The van der Waals surface area contributed by atoms with Gasteiger partial charge in [-0.05, 0) is 25.1 Å². The van der Waals surface area contributed by atoms with E-state index in [4.69, 9.17) is 33.2 Å². The van der Waals surface area contributed by atoms with Crippen molar-refractivity contribution in [2.45, 2.75) is 6.92 Å². The van der Waals surface area contributed by atoms with E-state index in [1.165, 1.54) is 6.92 Å². The summed E-state index contributed by atoms with van der Waals surface area (Å²) in [5.74, 6) is 0.620. The lowest BCUT2D eigenvalue weighted by molar-refractivity contribution is 0.246. The van der Waals surface area contributed by atoms with Gasteiger partial charge in [-0.1, -0.05) is 28.4 Å². The molecule has 0 radical (unpaired) electrons. The summed E-state index contributed by atoms with van der Waals surface area (Å²) in [7, 11) is 0. The van der Waals surface area contributed by atoms with E-state index in [1.807, 2.05) is 0 Å². The van der Waals surface area contributed by atoms with Gasteiger partial charge in [-0.15, -0.1) is 0 Å². The van der Waals surface area contributed by atoms with Crippen LogP contribution >= 0.6 is 23.2 Å². The molecular formula is C8H8Cl2N2O2. The van der Waals surface area contributed by atoms with Gasteiger partial charge in [0, 0.05) is 5.02 Å². The summed E-state index contributed by atoms with van der Waals surface area (Å²) >= 11 is 11.5. The smallest absolute Gasteiger partial charge is 0.173 e. The van der Waals surface area contributed by atoms with Gasteiger partial charge in [-0.25, -0.2) is 5.48 Å². The Labute approximate surface area is 91.0 Å². The summed E-state index contributed by atoms with van der Waals surface area (Å²) < 4.78 is 0. The fourth-order valence-corrected chi connectivity index (χ4v) is 1.15. The number of amidine groups is 1. The van der Waals surface area contributed by atoms with Crippen molar-refractivity contribution in [2.75, 3.05) is 0 Å². The minimum absolute atomic E-state index is 0.219. The SMILES string of the molecule is CC(=NO)NOc1ccc(Cl)cc1Cl. The summed E-state index contributed by atoms with van der Waals surface area (Å²) in [6, 6.07) is 4.78. The Balaban J connectivity index is 2.68. The highest BCUT2D eigenvalue weighted by molar-refractivity contribution is 6.35. The highest BCUT2D eigenvalue weighted by atomic mass is 35.5. The van der Waals surface area contributed by atoms with Gasteiger partial charge < -0.3 is 10.0 Å². The first-order chi connectivity index (χ1) is 6.63. The van der Waals surface area contributed by atoms with E-state index >= 15 is 0 Å². The predicted octanol–water partition coefficient (Wildman–Crippen LogP) is 2.68. The number of hydrogen-bond donors (Lipinski definition) is 2. The molecule has 76 valence electrons. The largest absolute Gasteiger partial charge is 0.409 e. The molecule has 0 aromatic heterocycles. The lowest BCUT2D eigenvalue weighted by Gasteiger charge is -2.07. The number of nitrogens with one attached hydrogen (secondary N) is 1. The number of benzene rings is 1. The first-order valence-electron chi connectivity index (χ1n) is 3.70. The van der Waals surface area contributed by atoms with Gasteiger partial charge in [0.25, 0.3) is 0 Å². The van der Waals surface area contributed by atoms with Crippen LogP contribution < -0.4 is 10.3 Å². The summed E-state index contributed by atoms with van der Waals surface area (Å²) in [5, 5.41) is 12.1. The fourth-order valence-electron chi connectivity index (χ4n) is 0.707. The van der Waals surface area contributed by atoms with Gasteiger partial charge in [0.15, 0.2) is 11.6 Å². The second kappa shape index (κ2) is 4.93. The van der Waals surface area contributed by atoms with E-state index in [9.17, 15) is 0 Å². The highest BCUT2D eigenvalue weighted by Gasteiger charge is 2.02. The number of oxime groups is 1. The van der Waals surface area contributed by atoms with Crippen LogP contribution in [0, 0.1) is 0 Å². The number of nitrogens with zero attached hydrogens (tertiary/aromatic N) is 1. The van der Waals surface area contributed by atoms with Crippen LogP contribution in [0.15, 0.2) is 23.4 Å². The summed E-state index contributed by atoms with van der Waals surface area (Å²) in [6.07, 6.45) is 0. The van der Waals surface area contributed by atoms with E-state index < -0.39 is 0 Å². The van der Waals surface area contributed by atoms with Crippen LogP contribution in [0.2, 0.25) is 10.0 Å². The predicted molar refractivity (Wildman–Crippen MR) is 55.1 cm³/mol. The van der Waals surface area contributed by atoms with Crippen LogP contribution in [0.1, 0.15) is 6.92 Å².